The lowest BCUT2D eigenvalue weighted by atomic mass is 10.0. The van der Waals surface area contributed by atoms with Gasteiger partial charge >= 0.3 is 0 Å². The smallest absolute Gasteiger partial charge is 0.264 e. The fraction of sp³-hybridized carbons (Fsp3) is 0.240. The average molecular weight is 437 g/mol. The Kier molecular flexibility index (Phi) is 7.13. The highest BCUT2D eigenvalue weighted by atomic mass is 32.2. The van der Waals surface area contributed by atoms with E-state index in [1.165, 1.54) is 4.31 Å². The first kappa shape index (κ1) is 22.6. The number of aryl methyl sites for hydroxylation is 2. The van der Waals surface area contributed by atoms with Gasteiger partial charge in [0.1, 0.15) is 6.54 Å². The SMILES string of the molecule is CCC(NC(=O)CN(c1cccc(C)c1)S(=O)(=O)c1ccc(C)cc1)c1ccccc1. The highest BCUT2D eigenvalue weighted by Gasteiger charge is 2.28. The van der Waals surface area contributed by atoms with Crippen molar-refractivity contribution in [2.24, 2.45) is 0 Å². The molecule has 0 aliphatic carbocycles. The van der Waals surface area contributed by atoms with E-state index in [0.29, 0.717) is 12.1 Å². The van der Waals surface area contributed by atoms with Crippen molar-refractivity contribution in [1.82, 2.24) is 5.32 Å². The van der Waals surface area contributed by atoms with Gasteiger partial charge in [0.05, 0.1) is 16.6 Å². The second-order valence-electron chi connectivity index (χ2n) is 7.60. The fourth-order valence-electron chi connectivity index (χ4n) is 3.41. The number of hydrogen-bond donors (Lipinski definition) is 1. The average Bonchev–Trinajstić information content (AvgIpc) is 2.76. The summed E-state index contributed by atoms with van der Waals surface area (Å²) in [6.45, 7) is 5.47. The first-order valence-electron chi connectivity index (χ1n) is 10.3. The minimum atomic E-state index is -3.92. The van der Waals surface area contributed by atoms with Crippen LogP contribution >= 0.6 is 0 Å². The third-order valence-electron chi connectivity index (χ3n) is 5.13. The fourth-order valence-corrected chi connectivity index (χ4v) is 4.83. The summed E-state index contributed by atoms with van der Waals surface area (Å²) >= 11 is 0. The molecular formula is C25H28N2O3S. The topological polar surface area (TPSA) is 66.5 Å². The van der Waals surface area contributed by atoms with Crippen molar-refractivity contribution in [2.45, 2.75) is 38.1 Å². The Bertz CT molecular complexity index is 1130. The lowest BCUT2D eigenvalue weighted by Gasteiger charge is -2.26. The number of anilines is 1. The zero-order valence-electron chi connectivity index (χ0n) is 18.1. The van der Waals surface area contributed by atoms with E-state index in [0.717, 1.165) is 16.7 Å². The molecule has 0 heterocycles. The van der Waals surface area contributed by atoms with Crippen LogP contribution in [0.3, 0.4) is 0 Å². The van der Waals surface area contributed by atoms with Crippen molar-refractivity contribution < 1.29 is 13.2 Å². The van der Waals surface area contributed by atoms with Crippen molar-refractivity contribution in [3.05, 3.63) is 95.6 Å². The number of benzene rings is 3. The Morgan fingerprint density at radius 1 is 0.903 bits per heavy atom. The van der Waals surface area contributed by atoms with Gasteiger partial charge in [-0.3, -0.25) is 9.10 Å². The largest absolute Gasteiger partial charge is 0.348 e. The molecule has 0 aliphatic heterocycles. The number of nitrogens with one attached hydrogen (secondary N) is 1. The molecule has 1 unspecified atom stereocenters. The second-order valence-corrected chi connectivity index (χ2v) is 9.47. The van der Waals surface area contributed by atoms with E-state index >= 15 is 0 Å². The van der Waals surface area contributed by atoms with E-state index < -0.39 is 10.0 Å². The van der Waals surface area contributed by atoms with E-state index in [2.05, 4.69) is 5.32 Å². The van der Waals surface area contributed by atoms with Gasteiger partial charge in [-0.1, -0.05) is 67.1 Å². The Morgan fingerprint density at radius 3 is 2.19 bits per heavy atom. The predicted molar refractivity (Wildman–Crippen MR) is 125 cm³/mol. The van der Waals surface area contributed by atoms with E-state index in [-0.39, 0.29) is 23.4 Å². The molecule has 5 nitrogen and oxygen atoms in total. The molecule has 1 N–H and O–H groups in total. The minimum absolute atomic E-state index is 0.155. The first-order valence-corrected chi connectivity index (χ1v) is 11.8. The summed E-state index contributed by atoms with van der Waals surface area (Å²) in [7, 11) is -3.92. The third-order valence-corrected chi connectivity index (χ3v) is 6.92. The maximum atomic E-state index is 13.5. The maximum Gasteiger partial charge on any atom is 0.264 e. The molecule has 162 valence electrons. The van der Waals surface area contributed by atoms with Gasteiger partial charge in [0.2, 0.25) is 5.91 Å². The summed E-state index contributed by atoms with van der Waals surface area (Å²) in [6, 6.07) is 23.3. The molecule has 31 heavy (non-hydrogen) atoms. The van der Waals surface area contributed by atoms with Crippen LogP contribution in [0.15, 0.2) is 83.8 Å². The second kappa shape index (κ2) is 9.79. The molecule has 0 spiro atoms. The summed E-state index contributed by atoms with van der Waals surface area (Å²) in [4.78, 5) is 13.1. The van der Waals surface area contributed by atoms with Crippen LogP contribution in [0.1, 0.15) is 36.1 Å². The number of carbonyl (C=O) groups excluding carboxylic acids is 1. The van der Waals surface area contributed by atoms with Gasteiger partial charge in [-0.15, -0.1) is 0 Å². The van der Waals surface area contributed by atoms with Gasteiger partial charge in [-0.2, -0.15) is 0 Å². The first-order chi connectivity index (χ1) is 14.8. The number of rotatable bonds is 8. The van der Waals surface area contributed by atoms with Crippen LogP contribution in [0, 0.1) is 13.8 Å². The highest BCUT2D eigenvalue weighted by Crippen LogP contribution is 2.25. The zero-order valence-corrected chi connectivity index (χ0v) is 18.9. The molecule has 1 amide bonds. The number of amides is 1. The van der Waals surface area contributed by atoms with E-state index in [1.807, 2.05) is 57.2 Å². The van der Waals surface area contributed by atoms with E-state index in [1.54, 1.807) is 42.5 Å². The Balaban J connectivity index is 1.91. The van der Waals surface area contributed by atoms with Crippen LogP contribution in [-0.4, -0.2) is 20.9 Å². The zero-order chi connectivity index (χ0) is 22.4. The third kappa shape index (κ3) is 5.52. The minimum Gasteiger partial charge on any atom is -0.348 e. The standard InChI is InChI=1S/C25H28N2O3S/c1-4-24(21-10-6-5-7-11-21)26-25(28)18-27(22-12-8-9-20(3)17-22)31(29,30)23-15-13-19(2)14-16-23/h5-17,24H,4,18H2,1-3H3,(H,26,28). The lowest BCUT2D eigenvalue weighted by Crippen LogP contribution is -2.42. The van der Waals surface area contributed by atoms with Gasteiger partial charge in [0.25, 0.3) is 10.0 Å². The van der Waals surface area contributed by atoms with Crippen LogP contribution in [0.4, 0.5) is 5.69 Å². The van der Waals surface area contributed by atoms with Crippen LogP contribution in [0.25, 0.3) is 0 Å². The number of sulfonamides is 1. The summed E-state index contributed by atoms with van der Waals surface area (Å²) in [5.41, 5.74) is 3.33. The van der Waals surface area contributed by atoms with Gasteiger partial charge in [-0.05, 0) is 55.7 Å². The monoisotopic (exact) mass is 436 g/mol. The highest BCUT2D eigenvalue weighted by molar-refractivity contribution is 7.92. The Labute approximate surface area is 184 Å². The van der Waals surface area contributed by atoms with Crippen molar-refractivity contribution >= 4 is 21.6 Å². The summed E-state index contributed by atoms with van der Waals surface area (Å²) in [5, 5.41) is 2.99. The predicted octanol–water partition coefficient (Wildman–Crippen LogP) is 4.77. The molecule has 0 radical (unpaired) electrons. The molecule has 6 heteroatoms. The molecule has 1 atom stereocenters. The van der Waals surface area contributed by atoms with Crippen molar-refractivity contribution in [2.75, 3.05) is 10.8 Å². The van der Waals surface area contributed by atoms with Gasteiger partial charge < -0.3 is 5.32 Å². The normalized spacial score (nSPS) is 12.2. The van der Waals surface area contributed by atoms with Gasteiger partial charge in [0, 0.05) is 0 Å². The van der Waals surface area contributed by atoms with Crippen LogP contribution in [0.5, 0.6) is 0 Å². The summed E-state index contributed by atoms with van der Waals surface area (Å²) in [6.07, 6.45) is 0.699. The molecule has 0 bridgehead atoms. The molecule has 3 aromatic carbocycles. The van der Waals surface area contributed by atoms with Crippen molar-refractivity contribution in [3.8, 4) is 0 Å². The Morgan fingerprint density at radius 2 is 1.58 bits per heavy atom. The molecule has 0 fully saturated rings. The van der Waals surface area contributed by atoms with Crippen LogP contribution in [0.2, 0.25) is 0 Å². The number of carbonyl (C=O) groups is 1. The molecule has 0 aromatic heterocycles. The van der Waals surface area contributed by atoms with Crippen molar-refractivity contribution in [3.63, 3.8) is 0 Å². The summed E-state index contributed by atoms with van der Waals surface area (Å²) < 4.78 is 28.1. The quantitative estimate of drug-likeness (QED) is 0.553. The molecule has 3 rings (SSSR count). The maximum absolute atomic E-state index is 13.5. The van der Waals surface area contributed by atoms with Crippen molar-refractivity contribution in [1.29, 1.82) is 0 Å². The van der Waals surface area contributed by atoms with E-state index in [4.69, 9.17) is 0 Å². The molecule has 3 aromatic rings. The van der Waals surface area contributed by atoms with E-state index in [9.17, 15) is 13.2 Å². The van der Waals surface area contributed by atoms with Gasteiger partial charge in [-0.25, -0.2) is 8.42 Å². The lowest BCUT2D eigenvalue weighted by molar-refractivity contribution is -0.120. The number of nitrogens with zero attached hydrogens (tertiary/aromatic N) is 1. The molecular weight excluding hydrogens is 408 g/mol. The Hall–Kier alpha value is -3.12. The summed E-state index contributed by atoms with van der Waals surface area (Å²) in [5.74, 6) is -0.354. The number of hydrogen-bond acceptors (Lipinski definition) is 3. The van der Waals surface area contributed by atoms with Gasteiger partial charge in [0.15, 0.2) is 0 Å². The molecule has 0 saturated heterocycles. The van der Waals surface area contributed by atoms with Crippen LogP contribution < -0.4 is 9.62 Å². The molecule has 0 aliphatic rings. The van der Waals surface area contributed by atoms with Crippen LogP contribution in [-0.2, 0) is 14.8 Å². The molecule has 0 saturated carbocycles.